The molecule has 2 aromatic carbocycles. The van der Waals surface area contributed by atoms with Gasteiger partial charge in [0.25, 0.3) is 0 Å². The van der Waals surface area contributed by atoms with Crippen LogP contribution in [0.3, 0.4) is 0 Å². The number of aryl methyl sites for hydroxylation is 2. The summed E-state index contributed by atoms with van der Waals surface area (Å²) in [6, 6.07) is 17.5. The van der Waals surface area contributed by atoms with Crippen LogP contribution in [0, 0.1) is 5.92 Å². The lowest BCUT2D eigenvalue weighted by molar-refractivity contribution is 0.112. The minimum atomic E-state index is 0.763. The van der Waals surface area contributed by atoms with Crippen molar-refractivity contribution < 1.29 is 4.79 Å². The molecule has 0 unspecified atom stereocenters. The fourth-order valence-corrected chi connectivity index (χ4v) is 4.16. The molecule has 0 N–H and O–H groups in total. The number of hydrogen-bond donors (Lipinski definition) is 0. The minimum Gasteiger partial charge on any atom is -0.298 e. The van der Waals surface area contributed by atoms with Gasteiger partial charge in [0, 0.05) is 5.56 Å². The molecule has 1 heteroatoms. The lowest BCUT2D eigenvalue weighted by Crippen LogP contribution is -2.14. The van der Waals surface area contributed by atoms with Crippen molar-refractivity contribution in [3.63, 3.8) is 0 Å². The van der Waals surface area contributed by atoms with Crippen LogP contribution in [0.1, 0.15) is 78.4 Å². The van der Waals surface area contributed by atoms with E-state index in [0.717, 1.165) is 30.1 Å². The van der Waals surface area contributed by atoms with Crippen molar-refractivity contribution in [3.8, 4) is 0 Å². The molecule has 0 heterocycles. The van der Waals surface area contributed by atoms with Gasteiger partial charge in [-0.1, -0.05) is 61.9 Å². The highest BCUT2D eigenvalue weighted by molar-refractivity contribution is 5.74. The summed E-state index contributed by atoms with van der Waals surface area (Å²) < 4.78 is 0. The smallest absolute Gasteiger partial charge is 0.150 e. The first-order chi connectivity index (χ1) is 12.3. The second-order valence-electron chi connectivity index (χ2n) is 7.61. The van der Waals surface area contributed by atoms with Crippen LogP contribution >= 0.6 is 0 Å². The molecule has 1 nitrogen and oxygen atoms in total. The standard InChI is InChI=1S/C24H30O/c1-2-3-19-10-14-23(15-11-19)24-16-12-21(13-17-24)5-4-20-6-8-22(18-25)9-7-20/h6-11,14-15,18,21,24H,2-5,12-13,16-17H2,1H3/t21-,24-. The van der Waals surface area contributed by atoms with E-state index in [4.69, 9.17) is 0 Å². The van der Waals surface area contributed by atoms with E-state index in [0.29, 0.717) is 0 Å². The van der Waals surface area contributed by atoms with E-state index in [1.165, 1.54) is 56.1 Å². The van der Waals surface area contributed by atoms with E-state index in [2.05, 4.69) is 43.3 Å². The topological polar surface area (TPSA) is 17.1 Å². The van der Waals surface area contributed by atoms with Gasteiger partial charge in [-0.05, 0) is 73.5 Å². The molecule has 0 saturated heterocycles. The largest absolute Gasteiger partial charge is 0.298 e. The van der Waals surface area contributed by atoms with Crippen molar-refractivity contribution in [2.45, 2.75) is 64.2 Å². The molecule has 1 fully saturated rings. The average molecular weight is 335 g/mol. The van der Waals surface area contributed by atoms with Crippen molar-refractivity contribution in [1.29, 1.82) is 0 Å². The summed E-state index contributed by atoms with van der Waals surface area (Å²) >= 11 is 0. The van der Waals surface area contributed by atoms with Gasteiger partial charge in [0.2, 0.25) is 0 Å². The number of aldehydes is 1. The molecule has 2 aromatic rings. The molecule has 0 radical (unpaired) electrons. The molecule has 3 rings (SSSR count). The van der Waals surface area contributed by atoms with E-state index in [1.807, 2.05) is 12.1 Å². The number of benzene rings is 2. The molecular weight excluding hydrogens is 304 g/mol. The Morgan fingerprint density at radius 3 is 2.04 bits per heavy atom. The van der Waals surface area contributed by atoms with Gasteiger partial charge in [-0.15, -0.1) is 0 Å². The van der Waals surface area contributed by atoms with Gasteiger partial charge in [0.1, 0.15) is 6.29 Å². The van der Waals surface area contributed by atoms with Crippen LogP contribution in [-0.2, 0) is 12.8 Å². The van der Waals surface area contributed by atoms with Crippen molar-refractivity contribution in [1.82, 2.24) is 0 Å². The zero-order chi connectivity index (χ0) is 17.5. The Labute approximate surface area is 152 Å². The van der Waals surface area contributed by atoms with Gasteiger partial charge in [0.05, 0.1) is 0 Å². The lowest BCUT2D eigenvalue weighted by Gasteiger charge is -2.29. The van der Waals surface area contributed by atoms with Gasteiger partial charge in [0.15, 0.2) is 0 Å². The molecule has 1 aliphatic rings. The Hall–Kier alpha value is -1.89. The zero-order valence-electron chi connectivity index (χ0n) is 15.4. The molecule has 0 aromatic heterocycles. The van der Waals surface area contributed by atoms with Gasteiger partial charge < -0.3 is 0 Å². The maximum Gasteiger partial charge on any atom is 0.150 e. The highest BCUT2D eigenvalue weighted by atomic mass is 16.1. The Morgan fingerprint density at radius 1 is 0.840 bits per heavy atom. The second kappa shape index (κ2) is 8.99. The van der Waals surface area contributed by atoms with E-state index in [-0.39, 0.29) is 0 Å². The van der Waals surface area contributed by atoms with Crippen LogP contribution in [0.5, 0.6) is 0 Å². The zero-order valence-corrected chi connectivity index (χ0v) is 15.4. The molecule has 25 heavy (non-hydrogen) atoms. The van der Waals surface area contributed by atoms with Gasteiger partial charge in [-0.3, -0.25) is 4.79 Å². The summed E-state index contributed by atoms with van der Waals surface area (Å²) in [4.78, 5) is 10.7. The molecular formula is C24H30O. The Balaban J connectivity index is 1.45. The Morgan fingerprint density at radius 2 is 1.44 bits per heavy atom. The van der Waals surface area contributed by atoms with Crippen LogP contribution in [0.25, 0.3) is 0 Å². The fourth-order valence-electron chi connectivity index (χ4n) is 4.16. The predicted octanol–water partition coefficient (Wildman–Crippen LogP) is 6.36. The van der Waals surface area contributed by atoms with Crippen LogP contribution in [0.2, 0.25) is 0 Å². The summed E-state index contributed by atoms with van der Waals surface area (Å²) in [6.07, 6.45) is 11.1. The highest BCUT2D eigenvalue weighted by Gasteiger charge is 2.22. The molecule has 0 spiro atoms. The average Bonchev–Trinajstić information content (AvgIpc) is 2.68. The lowest BCUT2D eigenvalue weighted by atomic mass is 9.77. The first-order valence-corrected chi connectivity index (χ1v) is 9.91. The normalized spacial score (nSPS) is 20.4. The molecule has 0 atom stereocenters. The van der Waals surface area contributed by atoms with Crippen molar-refractivity contribution >= 4 is 6.29 Å². The molecule has 1 saturated carbocycles. The van der Waals surface area contributed by atoms with E-state index in [9.17, 15) is 4.79 Å². The third kappa shape index (κ3) is 5.04. The molecule has 0 aliphatic heterocycles. The SMILES string of the molecule is CCCc1ccc([C@H]2CC[C@H](CCc3ccc(C=O)cc3)CC2)cc1. The fraction of sp³-hybridized carbons (Fsp3) is 0.458. The van der Waals surface area contributed by atoms with Crippen molar-refractivity contribution in [2.75, 3.05) is 0 Å². The van der Waals surface area contributed by atoms with Crippen LogP contribution in [0.15, 0.2) is 48.5 Å². The minimum absolute atomic E-state index is 0.763. The maximum absolute atomic E-state index is 10.7. The maximum atomic E-state index is 10.7. The summed E-state index contributed by atoms with van der Waals surface area (Å²) in [5, 5.41) is 0. The Bertz CT molecular complexity index is 645. The third-order valence-electron chi connectivity index (χ3n) is 5.79. The first kappa shape index (κ1) is 17.9. The monoisotopic (exact) mass is 334 g/mol. The number of hydrogen-bond acceptors (Lipinski definition) is 1. The Kier molecular flexibility index (Phi) is 6.44. The molecule has 132 valence electrons. The summed E-state index contributed by atoms with van der Waals surface area (Å²) in [5.74, 6) is 1.63. The predicted molar refractivity (Wildman–Crippen MR) is 105 cm³/mol. The highest BCUT2D eigenvalue weighted by Crippen LogP contribution is 2.37. The van der Waals surface area contributed by atoms with Gasteiger partial charge in [-0.2, -0.15) is 0 Å². The second-order valence-corrected chi connectivity index (χ2v) is 7.61. The number of carbonyl (C=O) groups is 1. The summed E-state index contributed by atoms with van der Waals surface area (Å²) in [5.41, 5.74) is 5.15. The van der Waals surface area contributed by atoms with Crippen LogP contribution in [0.4, 0.5) is 0 Å². The van der Waals surface area contributed by atoms with E-state index >= 15 is 0 Å². The van der Waals surface area contributed by atoms with Crippen LogP contribution in [-0.4, -0.2) is 6.29 Å². The molecule has 0 bridgehead atoms. The first-order valence-electron chi connectivity index (χ1n) is 9.91. The third-order valence-corrected chi connectivity index (χ3v) is 5.79. The van der Waals surface area contributed by atoms with Gasteiger partial charge in [-0.25, -0.2) is 0 Å². The molecule has 1 aliphatic carbocycles. The van der Waals surface area contributed by atoms with Crippen molar-refractivity contribution in [2.24, 2.45) is 5.92 Å². The number of rotatable bonds is 7. The summed E-state index contributed by atoms with van der Waals surface area (Å²) in [7, 11) is 0. The number of carbonyl (C=O) groups excluding carboxylic acids is 1. The summed E-state index contributed by atoms with van der Waals surface area (Å²) in [6.45, 7) is 2.24. The quantitative estimate of drug-likeness (QED) is 0.539. The van der Waals surface area contributed by atoms with Gasteiger partial charge >= 0.3 is 0 Å². The van der Waals surface area contributed by atoms with E-state index < -0.39 is 0 Å². The van der Waals surface area contributed by atoms with E-state index in [1.54, 1.807) is 5.56 Å². The van der Waals surface area contributed by atoms with Crippen LogP contribution < -0.4 is 0 Å². The molecule has 0 amide bonds. The van der Waals surface area contributed by atoms with Crippen molar-refractivity contribution in [3.05, 3.63) is 70.8 Å².